The molecule has 3 aromatic carbocycles. The maximum atomic E-state index is 12.8. The highest BCUT2D eigenvalue weighted by molar-refractivity contribution is 6.24. The summed E-state index contributed by atoms with van der Waals surface area (Å²) in [6, 6.07) is 17.5. The molecule has 0 unspecified atom stereocenters. The molecule has 4 rings (SSSR count). The van der Waals surface area contributed by atoms with Gasteiger partial charge in [0.15, 0.2) is 11.5 Å². The van der Waals surface area contributed by atoms with E-state index >= 15 is 0 Å². The largest absolute Gasteiger partial charge is 0.493 e. The van der Waals surface area contributed by atoms with Gasteiger partial charge in [0.25, 0.3) is 17.5 Å². The number of carbonyl (C=O) groups is 3. The number of methoxy groups -OCH3 is 1. The molecule has 36 heavy (non-hydrogen) atoms. The maximum absolute atomic E-state index is 12.8. The molecule has 0 saturated carbocycles. The molecule has 10 heteroatoms. The van der Waals surface area contributed by atoms with Crippen molar-refractivity contribution < 1.29 is 28.8 Å². The topological polar surface area (TPSA) is 128 Å². The molecule has 0 radical (unpaired) electrons. The average molecular weight is 489 g/mol. The van der Waals surface area contributed by atoms with Crippen LogP contribution in [0.4, 0.5) is 5.69 Å². The van der Waals surface area contributed by atoms with Crippen LogP contribution in [0.15, 0.2) is 66.7 Å². The van der Waals surface area contributed by atoms with Crippen molar-refractivity contribution >= 4 is 23.4 Å². The lowest BCUT2D eigenvalue weighted by molar-refractivity contribution is -0.385. The van der Waals surface area contributed by atoms with Crippen molar-refractivity contribution in [1.82, 2.24) is 10.2 Å². The number of amides is 3. The number of nitro benzene ring substituents is 1. The monoisotopic (exact) mass is 489 g/mol. The molecular weight excluding hydrogens is 466 g/mol. The van der Waals surface area contributed by atoms with Crippen LogP contribution in [0.1, 0.15) is 38.8 Å². The normalized spacial score (nSPS) is 13.2. The van der Waals surface area contributed by atoms with Crippen molar-refractivity contribution in [3.8, 4) is 11.5 Å². The van der Waals surface area contributed by atoms with Crippen molar-refractivity contribution in [2.45, 2.75) is 26.1 Å². The summed E-state index contributed by atoms with van der Waals surface area (Å²) in [7, 11) is 1.51. The van der Waals surface area contributed by atoms with Gasteiger partial charge in [-0.1, -0.05) is 42.5 Å². The molecule has 0 aromatic heterocycles. The van der Waals surface area contributed by atoms with Gasteiger partial charge in [0.1, 0.15) is 18.2 Å². The lowest BCUT2D eigenvalue weighted by atomic mass is 10.1. The second kappa shape index (κ2) is 10.3. The van der Waals surface area contributed by atoms with E-state index in [1.54, 1.807) is 18.2 Å². The summed E-state index contributed by atoms with van der Waals surface area (Å²) < 4.78 is 11.3. The number of nitrogens with zero attached hydrogens (tertiary/aromatic N) is 2. The van der Waals surface area contributed by atoms with E-state index in [4.69, 9.17) is 9.47 Å². The van der Waals surface area contributed by atoms with Crippen LogP contribution in [0.25, 0.3) is 0 Å². The first-order chi connectivity index (χ1) is 17.3. The third-order valence-corrected chi connectivity index (χ3v) is 5.82. The van der Waals surface area contributed by atoms with Crippen molar-refractivity contribution in [3.05, 3.63) is 99.1 Å². The summed E-state index contributed by atoms with van der Waals surface area (Å²) in [4.78, 5) is 49.7. The SMILES string of the molecule is COc1cc(CNC(=O)[C@H](C)N2C(=O)c3cccc([N+](=O)[O-])c3C2=O)ccc1OCc1ccccc1. The number of nitro groups is 1. The number of benzene rings is 3. The van der Waals surface area contributed by atoms with Gasteiger partial charge >= 0.3 is 0 Å². The second-order valence-electron chi connectivity index (χ2n) is 8.09. The first kappa shape index (κ1) is 24.4. The smallest absolute Gasteiger partial charge is 0.282 e. The molecule has 0 bridgehead atoms. The van der Waals surface area contributed by atoms with Crippen LogP contribution in [-0.2, 0) is 17.9 Å². The Bertz CT molecular complexity index is 1340. The van der Waals surface area contributed by atoms with Gasteiger partial charge in [0.05, 0.1) is 17.6 Å². The van der Waals surface area contributed by atoms with E-state index < -0.39 is 34.4 Å². The van der Waals surface area contributed by atoms with Gasteiger partial charge in [0.2, 0.25) is 5.91 Å². The Balaban J connectivity index is 1.41. The minimum absolute atomic E-state index is 0.0929. The van der Waals surface area contributed by atoms with Gasteiger partial charge in [-0.2, -0.15) is 0 Å². The molecule has 3 amide bonds. The summed E-state index contributed by atoms with van der Waals surface area (Å²) in [5.41, 5.74) is 0.844. The van der Waals surface area contributed by atoms with E-state index in [1.165, 1.54) is 26.2 Å². The van der Waals surface area contributed by atoms with Crippen molar-refractivity contribution in [2.24, 2.45) is 0 Å². The van der Waals surface area contributed by atoms with Crippen LogP contribution in [0.2, 0.25) is 0 Å². The minimum atomic E-state index is -1.17. The number of imide groups is 1. The lowest BCUT2D eigenvalue weighted by Crippen LogP contribution is -2.47. The number of hydrogen-bond acceptors (Lipinski definition) is 7. The van der Waals surface area contributed by atoms with E-state index in [0.717, 1.165) is 16.5 Å². The highest BCUT2D eigenvalue weighted by atomic mass is 16.6. The lowest BCUT2D eigenvalue weighted by Gasteiger charge is -2.21. The fourth-order valence-corrected chi connectivity index (χ4v) is 3.92. The molecule has 0 spiro atoms. The van der Waals surface area contributed by atoms with Crippen LogP contribution in [0.3, 0.4) is 0 Å². The Labute approximate surface area is 206 Å². The van der Waals surface area contributed by atoms with E-state index in [2.05, 4.69) is 5.32 Å². The minimum Gasteiger partial charge on any atom is -0.493 e. The van der Waals surface area contributed by atoms with E-state index in [-0.39, 0.29) is 17.7 Å². The highest BCUT2D eigenvalue weighted by Gasteiger charge is 2.44. The molecule has 1 N–H and O–H groups in total. The summed E-state index contributed by atoms with van der Waals surface area (Å²) in [6.45, 7) is 1.86. The van der Waals surface area contributed by atoms with E-state index in [9.17, 15) is 24.5 Å². The molecule has 1 heterocycles. The molecule has 0 saturated heterocycles. The van der Waals surface area contributed by atoms with Gasteiger partial charge < -0.3 is 14.8 Å². The van der Waals surface area contributed by atoms with Gasteiger partial charge in [0, 0.05) is 12.6 Å². The Morgan fingerprint density at radius 3 is 2.44 bits per heavy atom. The molecule has 10 nitrogen and oxygen atoms in total. The van der Waals surface area contributed by atoms with Crippen molar-refractivity contribution in [2.75, 3.05) is 7.11 Å². The average Bonchev–Trinajstić information content (AvgIpc) is 3.15. The molecule has 0 fully saturated rings. The predicted molar refractivity (Wildman–Crippen MR) is 129 cm³/mol. The summed E-state index contributed by atoms with van der Waals surface area (Å²) in [5, 5.41) is 14.0. The molecule has 1 aliphatic rings. The third kappa shape index (κ3) is 4.74. The van der Waals surface area contributed by atoms with E-state index in [0.29, 0.717) is 23.7 Å². The molecule has 1 atom stereocenters. The fourth-order valence-electron chi connectivity index (χ4n) is 3.92. The number of ether oxygens (including phenoxy) is 2. The summed E-state index contributed by atoms with van der Waals surface area (Å²) in [5.74, 6) is -1.18. The zero-order chi connectivity index (χ0) is 25.8. The van der Waals surface area contributed by atoms with Crippen LogP contribution >= 0.6 is 0 Å². The number of nitrogens with one attached hydrogen (secondary N) is 1. The van der Waals surface area contributed by atoms with Crippen LogP contribution in [-0.4, -0.2) is 40.7 Å². The van der Waals surface area contributed by atoms with Crippen LogP contribution in [0, 0.1) is 10.1 Å². The molecule has 184 valence electrons. The van der Waals surface area contributed by atoms with Crippen LogP contribution in [0.5, 0.6) is 11.5 Å². The third-order valence-electron chi connectivity index (χ3n) is 5.82. The zero-order valence-corrected chi connectivity index (χ0v) is 19.6. The first-order valence-electron chi connectivity index (χ1n) is 11.1. The van der Waals surface area contributed by atoms with Gasteiger partial charge in [-0.3, -0.25) is 29.4 Å². The zero-order valence-electron chi connectivity index (χ0n) is 19.6. The highest BCUT2D eigenvalue weighted by Crippen LogP contribution is 2.32. The van der Waals surface area contributed by atoms with Crippen LogP contribution < -0.4 is 14.8 Å². The van der Waals surface area contributed by atoms with Gasteiger partial charge in [-0.05, 0) is 36.2 Å². The standard InChI is InChI=1S/C26H23N3O7/c1-16(28-25(31)19-9-6-10-20(29(33)34)23(19)26(28)32)24(30)27-14-18-11-12-21(22(13-18)35-2)36-15-17-7-4-3-5-8-17/h3-13,16H,14-15H2,1-2H3,(H,27,30)/t16-/m0/s1. The molecule has 0 aliphatic carbocycles. The van der Waals surface area contributed by atoms with Gasteiger partial charge in [-0.15, -0.1) is 0 Å². The second-order valence-corrected chi connectivity index (χ2v) is 8.09. The summed E-state index contributed by atoms with van der Waals surface area (Å²) in [6.07, 6.45) is 0. The van der Waals surface area contributed by atoms with Crippen molar-refractivity contribution in [1.29, 1.82) is 0 Å². The summed E-state index contributed by atoms with van der Waals surface area (Å²) >= 11 is 0. The maximum Gasteiger partial charge on any atom is 0.282 e. The van der Waals surface area contributed by atoms with Gasteiger partial charge in [-0.25, -0.2) is 0 Å². The quantitative estimate of drug-likeness (QED) is 0.277. The Hall–Kier alpha value is -4.73. The molecule has 3 aromatic rings. The van der Waals surface area contributed by atoms with Crippen molar-refractivity contribution in [3.63, 3.8) is 0 Å². The number of carbonyl (C=O) groups excluding carboxylic acids is 3. The number of hydrogen-bond donors (Lipinski definition) is 1. The predicted octanol–water partition coefficient (Wildman–Crippen LogP) is 3.48. The first-order valence-corrected chi connectivity index (χ1v) is 11.1. The number of rotatable bonds is 9. The van der Waals surface area contributed by atoms with E-state index in [1.807, 2.05) is 30.3 Å². The number of fused-ring (bicyclic) bond motifs is 1. The molecule has 1 aliphatic heterocycles. The fraction of sp³-hybridized carbons (Fsp3) is 0.192. The Morgan fingerprint density at radius 1 is 1.00 bits per heavy atom. The Morgan fingerprint density at radius 2 is 1.75 bits per heavy atom. The molecular formula is C26H23N3O7. The Kier molecular flexibility index (Phi) is 6.95.